The van der Waals surface area contributed by atoms with Crippen molar-refractivity contribution in [2.24, 2.45) is 0 Å². The predicted molar refractivity (Wildman–Crippen MR) is 41.4 cm³/mol. The van der Waals surface area contributed by atoms with E-state index in [1.165, 1.54) is 0 Å². The molecule has 0 bridgehead atoms. The molecule has 0 aromatic rings. The van der Waals surface area contributed by atoms with E-state index in [9.17, 15) is 0 Å². The topological polar surface area (TPSA) is 27.7 Å². The Balaban J connectivity index is 2.58. The summed E-state index contributed by atoms with van der Waals surface area (Å²) in [5.74, 6) is -0.477. The Morgan fingerprint density at radius 1 is 1.45 bits per heavy atom. The molecule has 1 fully saturated rings. The smallest absolute Gasteiger partial charge is 0.194 e. The Hall–Kier alpha value is -0.120. The van der Waals surface area contributed by atoms with Crippen molar-refractivity contribution in [1.29, 1.82) is 0 Å². The van der Waals surface area contributed by atoms with Crippen LogP contribution < -0.4 is 0 Å². The summed E-state index contributed by atoms with van der Waals surface area (Å²) >= 11 is 0. The van der Waals surface area contributed by atoms with Gasteiger partial charge in [0.1, 0.15) is 6.10 Å². The first-order valence-corrected chi connectivity index (χ1v) is 3.97. The summed E-state index contributed by atoms with van der Waals surface area (Å²) in [5, 5.41) is 0. The lowest BCUT2D eigenvalue weighted by Crippen LogP contribution is -2.42. The van der Waals surface area contributed by atoms with Crippen molar-refractivity contribution in [3.05, 3.63) is 0 Å². The summed E-state index contributed by atoms with van der Waals surface area (Å²) in [4.78, 5) is 0. The molecule has 11 heavy (non-hydrogen) atoms. The summed E-state index contributed by atoms with van der Waals surface area (Å²) < 4.78 is 16.0. The summed E-state index contributed by atoms with van der Waals surface area (Å²) in [7, 11) is 3.34. The van der Waals surface area contributed by atoms with Crippen molar-refractivity contribution in [2.75, 3.05) is 20.8 Å². The molecule has 0 radical (unpaired) electrons. The first-order chi connectivity index (χ1) is 5.25. The molecule has 0 aromatic heterocycles. The van der Waals surface area contributed by atoms with Gasteiger partial charge in [0.25, 0.3) is 0 Å². The van der Waals surface area contributed by atoms with Crippen molar-refractivity contribution in [3.8, 4) is 0 Å². The van der Waals surface area contributed by atoms with Gasteiger partial charge in [0, 0.05) is 20.6 Å². The third kappa shape index (κ3) is 1.55. The van der Waals surface area contributed by atoms with Gasteiger partial charge < -0.3 is 14.2 Å². The molecule has 1 rings (SSSR count). The van der Waals surface area contributed by atoms with E-state index < -0.39 is 5.79 Å². The van der Waals surface area contributed by atoms with Crippen LogP contribution in [0, 0.1) is 0 Å². The van der Waals surface area contributed by atoms with E-state index in [0.29, 0.717) is 0 Å². The zero-order valence-electron chi connectivity index (χ0n) is 7.42. The van der Waals surface area contributed by atoms with Crippen LogP contribution in [0.5, 0.6) is 0 Å². The van der Waals surface area contributed by atoms with Gasteiger partial charge in [-0.25, -0.2) is 0 Å². The highest BCUT2D eigenvalue weighted by molar-refractivity contribution is 4.81. The number of hydrogen-bond donors (Lipinski definition) is 0. The van der Waals surface area contributed by atoms with E-state index in [2.05, 4.69) is 0 Å². The van der Waals surface area contributed by atoms with E-state index in [1.54, 1.807) is 14.2 Å². The Kier molecular flexibility index (Phi) is 2.87. The third-order valence-corrected chi connectivity index (χ3v) is 2.33. The Labute approximate surface area is 67.6 Å². The maximum absolute atomic E-state index is 5.50. The molecule has 2 atom stereocenters. The quantitative estimate of drug-likeness (QED) is 0.620. The molecule has 1 aliphatic heterocycles. The van der Waals surface area contributed by atoms with Crippen LogP contribution in [0.15, 0.2) is 0 Å². The molecule has 0 saturated carbocycles. The normalized spacial score (nSPS) is 34.1. The van der Waals surface area contributed by atoms with Crippen LogP contribution in [0.1, 0.15) is 19.8 Å². The molecule has 0 amide bonds. The molecule has 66 valence electrons. The average Bonchev–Trinajstić information content (AvgIpc) is 2.52. The second-order valence-corrected chi connectivity index (χ2v) is 2.85. The lowest BCUT2D eigenvalue weighted by Gasteiger charge is -2.31. The Bertz CT molecular complexity index is 119. The molecule has 3 nitrogen and oxygen atoms in total. The van der Waals surface area contributed by atoms with Gasteiger partial charge in [-0.2, -0.15) is 0 Å². The van der Waals surface area contributed by atoms with Crippen molar-refractivity contribution < 1.29 is 14.2 Å². The fourth-order valence-corrected chi connectivity index (χ4v) is 1.46. The minimum Gasteiger partial charge on any atom is -0.376 e. The van der Waals surface area contributed by atoms with Crippen LogP contribution in [0.3, 0.4) is 0 Å². The van der Waals surface area contributed by atoms with Crippen LogP contribution in [0.25, 0.3) is 0 Å². The average molecular weight is 160 g/mol. The molecule has 0 aliphatic carbocycles. The zero-order valence-corrected chi connectivity index (χ0v) is 7.42. The van der Waals surface area contributed by atoms with Gasteiger partial charge in [-0.1, -0.05) is 0 Å². The second kappa shape index (κ2) is 3.52. The molecule has 0 unspecified atom stereocenters. The summed E-state index contributed by atoms with van der Waals surface area (Å²) in [5.41, 5.74) is 0. The van der Waals surface area contributed by atoms with Crippen molar-refractivity contribution in [1.82, 2.24) is 0 Å². The SMILES string of the molecule is CO[C@H](C)[C@]1(OC)CCCO1. The minimum absolute atomic E-state index is 0.00926. The molecule has 0 spiro atoms. The Morgan fingerprint density at radius 3 is 2.55 bits per heavy atom. The highest BCUT2D eigenvalue weighted by Gasteiger charge is 2.40. The fourth-order valence-electron chi connectivity index (χ4n) is 1.46. The molecule has 1 saturated heterocycles. The van der Waals surface area contributed by atoms with E-state index >= 15 is 0 Å². The van der Waals surface area contributed by atoms with E-state index in [0.717, 1.165) is 19.4 Å². The van der Waals surface area contributed by atoms with E-state index in [1.807, 2.05) is 6.92 Å². The lowest BCUT2D eigenvalue weighted by molar-refractivity contribution is -0.248. The summed E-state index contributed by atoms with van der Waals surface area (Å²) in [6.45, 7) is 2.75. The van der Waals surface area contributed by atoms with Gasteiger partial charge in [-0.15, -0.1) is 0 Å². The Morgan fingerprint density at radius 2 is 2.18 bits per heavy atom. The predicted octanol–water partition coefficient (Wildman–Crippen LogP) is 1.17. The number of hydrogen-bond acceptors (Lipinski definition) is 3. The largest absolute Gasteiger partial charge is 0.376 e. The minimum atomic E-state index is -0.477. The molecule has 0 aromatic carbocycles. The van der Waals surface area contributed by atoms with Crippen LogP contribution in [0.2, 0.25) is 0 Å². The van der Waals surface area contributed by atoms with Gasteiger partial charge >= 0.3 is 0 Å². The third-order valence-electron chi connectivity index (χ3n) is 2.33. The number of rotatable bonds is 3. The second-order valence-electron chi connectivity index (χ2n) is 2.85. The fraction of sp³-hybridized carbons (Fsp3) is 1.00. The van der Waals surface area contributed by atoms with Crippen LogP contribution in [-0.2, 0) is 14.2 Å². The molecule has 3 heteroatoms. The van der Waals surface area contributed by atoms with Crippen molar-refractivity contribution in [3.63, 3.8) is 0 Å². The summed E-state index contributed by atoms with van der Waals surface area (Å²) in [6, 6.07) is 0. The van der Waals surface area contributed by atoms with Gasteiger partial charge in [-0.3, -0.25) is 0 Å². The monoisotopic (exact) mass is 160 g/mol. The highest BCUT2D eigenvalue weighted by atomic mass is 16.7. The van der Waals surface area contributed by atoms with E-state index in [-0.39, 0.29) is 6.10 Å². The zero-order chi connectivity index (χ0) is 8.32. The standard InChI is InChI=1S/C8H16O3/c1-7(9-2)8(10-3)5-4-6-11-8/h7H,4-6H2,1-3H3/t7-,8+/m1/s1. The van der Waals surface area contributed by atoms with Gasteiger partial charge in [0.15, 0.2) is 5.79 Å². The van der Waals surface area contributed by atoms with Crippen LogP contribution >= 0.6 is 0 Å². The lowest BCUT2D eigenvalue weighted by atomic mass is 10.1. The molecular formula is C8H16O3. The van der Waals surface area contributed by atoms with Crippen molar-refractivity contribution >= 4 is 0 Å². The first-order valence-electron chi connectivity index (χ1n) is 3.97. The number of ether oxygens (including phenoxy) is 3. The molecule has 0 N–H and O–H groups in total. The maximum Gasteiger partial charge on any atom is 0.194 e. The van der Waals surface area contributed by atoms with Gasteiger partial charge in [-0.05, 0) is 13.3 Å². The molecule has 1 aliphatic rings. The van der Waals surface area contributed by atoms with Crippen LogP contribution in [0.4, 0.5) is 0 Å². The summed E-state index contributed by atoms with van der Waals surface area (Å²) in [6.07, 6.45) is 2.00. The highest BCUT2D eigenvalue weighted by Crippen LogP contribution is 2.30. The van der Waals surface area contributed by atoms with Crippen molar-refractivity contribution in [2.45, 2.75) is 31.7 Å². The number of methoxy groups -OCH3 is 2. The molecule has 1 heterocycles. The van der Waals surface area contributed by atoms with Gasteiger partial charge in [0.05, 0.1) is 6.61 Å². The maximum atomic E-state index is 5.50. The molecular weight excluding hydrogens is 144 g/mol. The van der Waals surface area contributed by atoms with E-state index in [4.69, 9.17) is 14.2 Å². The van der Waals surface area contributed by atoms with Crippen LogP contribution in [-0.4, -0.2) is 32.7 Å². The first kappa shape index (κ1) is 8.97. The van der Waals surface area contributed by atoms with Gasteiger partial charge in [0.2, 0.25) is 0 Å².